The van der Waals surface area contributed by atoms with Crippen molar-refractivity contribution in [2.45, 2.75) is 6.54 Å². The smallest absolute Gasteiger partial charge is 0.269 e. The zero-order chi connectivity index (χ0) is 16.6. The van der Waals surface area contributed by atoms with E-state index >= 15 is 0 Å². The molecular formula is C15H9Br2N3O3. The molecule has 0 aliphatic carbocycles. The topological polar surface area (TPSA) is 78.0 Å². The maximum atomic E-state index is 12.6. The molecule has 0 atom stereocenters. The summed E-state index contributed by atoms with van der Waals surface area (Å²) in [4.78, 5) is 27.1. The number of benzene rings is 2. The third kappa shape index (κ3) is 3.18. The quantitative estimate of drug-likeness (QED) is 0.459. The number of fused-ring (bicyclic) bond motifs is 1. The number of nitro groups is 1. The molecule has 0 saturated carbocycles. The highest BCUT2D eigenvalue weighted by molar-refractivity contribution is 9.11. The van der Waals surface area contributed by atoms with Crippen molar-refractivity contribution < 1.29 is 4.92 Å². The van der Waals surface area contributed by atoms with Gasteiger partial charge >= 0.3 is 0 Å². The number of halogens is 2. The van der Waals surface area contributed by atoms with Crippen LogP contribution >= 0.6 is 31.9 Å². The molecule has 0 saturated heterocycles. The van der Waals surface area contributed by atoms with Gasteiger partial charge in [-0.2, -0.15) is 0 Å². The fourth-order valence-corrected chi connectivity index (χ4v) is 3.55. The molecule has 0 N–H and O–H groups in total. The Morgan fingerprint density at radius 1 is 1.17 bits per heavy atom. The van der Waals surface area contributed by atoms with Crippen molar-refractivity contribution >= 4 is 48.5 Å². The largest absolute Gasteiger partial charge is 0.294 e. The van der Waals surface area contributed by atoms with Crippen LogP contribution in [0.25, 0.3) is 10.9 Å². The zero-order valence-electron chi connectivity index (χ0n) is 11.6. The summed E-state index contributed by atoms with van der Waals surface area (Å²) in [5, 5.41) is 11.2. The van der Waals surface area contributed by atoms with Gasteiger partial charge in [-0.15, -0.1) is 0 Å². The van der Waals surface area contributed by atoms with Gasteiger partial charge in [-0.1, -0.05) is 28.1 Å². The lowest BCUT2D eigenvalue weighted by molar-refractivity contribution is -0.384. The minimum Gasteiger partial charge on any atom is -0.294 e. The van der Waals surface area contributed by atoms with Crippen LogP contribution in [0.5, 0.6) is 0 Å². The summed E-state index contributed by atoms with van der Waals surface area (Å²) < 4.78 is 2.99. The van der Waals surface area contributed by atoms with Crippen LogP contribution in [0.4, 0.5) is 5.69 Å². The Morgan fingerprint density at radius 2 is 1.87 bits per heavy atom. The van der Waals surface area contributed by atoms with Crippen molar-refractivity contribution in [1.29, 1.82) is 0 Å². The standard InChI is InChI=1S/C15H9Br2N3O3/c16-10-5-12-14(13(17)6-10)18-8-19(15(12)21)7-9-1-3-11(4-2-9)20(22)23/h1-6,8H,7H2. The maximum Gasteiger partial charge on any atom is 0.269 e. The van der Waals surface area contributed by atoms with E-state index in [2.05, 4.69) is 36.8 Å². The van der Waals surface area contributed by atoms with Crippen LogP contribution in [0.2, 0.25) is 0 Å². The van der Waals surface area contributed by atoms with E-state index in [9.17, 15) is 14.9 Å². The highest BCUT2D eigenvalue weighted by Gasteiger charge is 2.10. The molecule has 1 aromatic heterocycles. The van der Waals surface area contributed by atoms with Gasteiger partial charge in [0, 0.05) is 21.1 Å². The molecule has 0 aliphatic heterocycles. The van der Waals surface area contributed by atoms with Crippen LogP contribution in [0, 0.1) is 10.1 Å². The molecule has 0 fully saturated rings. The molecule has 0 bridgehead atoms. The molecule has 6 nitrogen and oxygen atoms in total. The van der Waals surface area contributed by atoms with E-state index < -0.39 is 4.92 Å². The van der Waals surface area contributed by atoms with Gasteiger partial charge in [-0.05, 0) is 33.6 Å². The predicted octanol–water partition coefficient (Wildman–Crippen LogP) is 3.88. The summed E-state index contributed by atoms with van der Waals surface area (Å²) in [6, 6.07) is 9.65. The van der Waals surface area contributed by atoms with Gasteiger partial charge in [0.2, 0.25) is 0 Å². The summed E-state index contributed by atoms with van der Waals surface area (Å²) >= 11 is 6.75. The highest BCUT2D eigenvalue weighted by Crippen LogP contribution is 2.25. The number of nitro benzene ring substituents is 1. The Kier molecular flexibility index (Phi) is 4.27. The molecule has 1 heterocycles. The second kappa shape index (κ2) is 6.21. The van der Waals surface area contributed by atoms with Crippen LogP contribution in [-0.4, -0.2) is 14.5 Å². The Hall–Kier alpha value is -2.06. The first-order valence-corrected chi connectivity index (χ1v) is 8.12. The van der Waals surface area contributed by atoms with E-state index in [0.29, 0.717) is 17.4 Å². The molecule has 3 aromatic rings. The van der Waals surface area contributed by atoms with E-state index in [-0.39, 0.29) is 11.2 Å². The SMILES string of the molecule is O=c1c2cc(Br)cc(Br)c2ncn1Cc1ccc([N+](=O)[O-])cc1. The van der Waals surface area contributed by atoms with E-state index in [1.807, 2.05) is 6.07 Å². The lowest BCUT2D eigenvalue weighted by Gasteiger charge is -2.08. The van der Waals surface area contributed by atoms with Crippen molar-refractivity contribution in [2.24, 2.45) is 0 Å². The maximum absolute atomic E-state index is 12.6. The summed E-state index contributed by atoms with van der Waals surface area (Å²) in [5.74, 6) is 0. The number of nitrogens with zero attached hydrogens (tertiary/aromatic N) is 3. The Labute approximate surface area is 147 Å². The predicted molar refractivity (Wildman–Crippen MR) is 93.6 cm³/mol. The minimum absolute atomic E-state index is 0.0191. The van der Waals surface area contributed by atoms with Gasteiger partial charge in [0.05, 0.1) is 28.7 Å². The van der Waals surface area contributed by atoms with Crippen molar-refractivity contribution in [2.75, 3.05) is 0 Å². The number of hydrogen-bond donors (Lipinski definition) is 0. The van der Waals surface area contributed by atoms with E-state index in [4.69, 9.17) is 0 Å². The van der Waals surface area contributed by atoms with Crippen LogP contribution in [0.15, 0.2) is 56.5 Å². The van der Waals surface area contributed by atoms with E-state index in [1.54, 1.807) is 18.2 Å². The summed E-state index contributed by atoms with van der Waals surface area (Å²) in [5.41, 5.74) is 1.23. The molecule has 0 spiro atoms. The lowest BCUT2D eigenvalue weighted by atomic mass is 10.2. The minimum atomic E-state index is -0.456. The molecule has 2 aromatic carbocycles. The first kappa shape index (κ1) is 15.8. The third-order valence-electron chi connectivity index (χ3n) is 3.35. The van der Waals surface area contributed by atoms with Gasteiger partial charge in [-0.25, -0.2) is 4.98 Å². The summed E-state index contributed by atoms with van der Waals surface area (Å²) in [7, 11) is 0. The first-order valence-electron chi connectivity index (χ1n) is 6.53. The summed E-state index contributed by atoms with van der Waals surface area (Å²) in [6.45, 7) is 0.296. The van der Waals surface area contributed by atoms with Crippen LogP contribution in [0.3, 0.4) is 0 Å². The monoisotopic (exact) mass is 437 g/mol. The fourth-order valence-electron chi connectivity index (χ4n) is 2.23. The van der Waals surface area contributed by atoms with Crippen LogP contribution in [0.1, 0.15) is 5.56 Å². The molecule has 8 heteroatoms. The lowest BCUT2D eigenvalue weighted by Crippen LogP contribution is -2.21. The van der Waals surface area contributed by atoms with Gasteiger partial charge in [0.15, 0.2) is 0 Å². The molecule has 0 unspecified atom stereocenters. The van der Waals surface area contributed by atoms with E-state index in [0.717, 1.165) is 14.5 Å². The molecule has 23 heavy (non-hydrogen) atoms. The molecule has 3 rings (SSSR count). The van der Waals surface area contributed by atoms with Crippen molar-refractivity contribution in [3.05, 3.63) is 77.7 Å². The van der Waals surface area contributed by atoms with Gasteiger partial charge in [0.1, 0.15) is 0 Å². The Morgan fingerprint density at radius 3 is 2.52 bits per heavy atom. The molecule has 116 valence electrons. The first-order chi connectivity index (χ1) is 11.0. The Bertz CT molecular complexity index is 968. The van der Waals surface area contributed by atoms with Crippen molar-refractivity contribution in [3.63, 3.8) is 0 Å². The third-order valence-corrected chi connectivity index (χ3v) is 4.41. The van der Waals surface area contributed by atoms with Gasteiger partial charge in [-0.3, -0.25) is 19.5 Å². The number of aromatic nitrogens is 2. The summed E-state index contributed by atoms with van der Waals surface area (Å²) in [6.07, 6.45) is 1.48. The Balaban J connectivity index is 2.02. The number of hydrogen-bond acceptors (Lipinski definition) is 4. The van der Waals surface area contributed by atoms with Crippen molar-refractivity contribution in [1.82, 2.24) is 9.55 Å². The van der Waals surface area contributed by atoms with Crippen molar-refractivity contribution in [3.8, 4) is 0 Å². The van der Waals surface area contributed by atoms with Gasteiger partial charge < -0.3 is 0 Å². The zero-order valence-corrected chi connectivity index (χ0v) is 14.7. The average Bonchev–Trinajstić information content (AvgIpc) is 2.51. The normalized spacial score (nSPS) is 10.9. The average molecular weight is 439 g/mol. The second-order valence-electron chi connectivity index (χ2n) is 4.88. The number of rotatable bonds is 3. The fraction of sp³-hybridized carbons (Fsp3) is 0.0667. The molecule has 0 aliphatic rings. The van der Waals surface area contributed by atoms with E-state index in [1.165, 1.54) is 23.0 Å². The molecular weight excluding hydrogens is 430 g/mol. The molecule has 0 radical (unpaired) electrons. The number of non-ortho nitro benzene ring substituents is 1. The molecule has 0 amide bonds. The highest BCUT2D eigenvalue weighted by atomic mass is 79.9. The van der Waals surface area contributed by atoms with Crippen LogP contribution in [-0.2, 0) is 6.54 Å². The van der Waals surface area contributed by atoms with Gasteiger partial charge in [0.25, 0.3) is 11.2 Å². The van der Waals surface area contributed by atoms with Crippen LogP contribution < -0.4 is 5.56 Å². The second-order valence-corrected chi connectivity index (χ2v) is 6.65.